The number of rotatable bonds is 9. The third kappa shape index (κ3) is 7.34. The molecule has 0 unspecified atom stereocenters. The summed E-state index contributed by atoms with van der Waals surface area (Å²) in [7, 11) is 0. The van der Waals surface area contributed by atoms with E-state index in [0.717, 1.165) is 17.1 Å². The third-order valence-electron chi connectivity index (χ3n) is 11.3. The Morgan fingerprint density at radius 1 is 0.203 bits per heavy atom. The van der Waals surface area contributed by atoms with Gasteiger partial charge < -0.3 is 4.90 Å². The minimum atomic E-state index is 1.09. The number of benzene rings is 10. The first-order chi connectivity index (χ1) is 29.2. The number of fused-ring (bicyclic) bond motifs is 1. The van der Waals surface area contributed by atoms with E-state index in [-0.39, 0.29) is 0 Å². The van der Waals surface area contributed by atoms with Crippen molar-refractivity contribution in [2.45, 2.75) is 0 Å². The minimum Gasteiger partial charge on any atom is -0.311 e. The van der Waals surface area contributed by atoms with Gasteiger partial charge in [-0.15, -0.1) is 0 Å². The summed E-state index contributed by atoms with van der Waals surface area (Å²) in [5.41, 5.74) is 17.7. The van der Waals surface area contributed by atoms with Crippen molar-refractivity contribution in [3.63, 3.8) is 0 Å². The Morgan fingerprint density at radius 2 is 0.576 bits per heavy atom. The van der Waals surface area contributed by atoms with Gasteiger partial charge in [-0.05, 0) is 126 Å². The molecule has 0 aliphatic carbocycles. The molecule has 10 rings (SSSR count). The molecule has 0 aliphatic heterocycles. The van der Waals surface area contributed by atoms with Crippen LogP contribution in [-0.2, 0) is 0 Å². The molecule has 0 radical (unpaired) electrons. The highest BCUT2D eigenvalue weighted by Gasteiger charge is 2.16. The monoisotopic (exact) mass is 751 g/mol. The van der Waals surface area contributed by atoms with Gasteiger partial charge in [0.25, 0.3) is 0 Å². The summed E-state index contributed by atoms with van der Waals surface area (Å²) >= 11 is 0. The lowest BCUT2D eigenvalue weighted by Crippen LogP contribution is -2.09. The first kappa shape index (κ1) is 35.7. The Bertz CT molecular complexity index is 2980. The summed E-state index contributed by atoms with van der Waals surface area (Å²) in [5, 5.41) is 2.50. The predicted molar refractivity (Wildman–Crippen MR) is 251 cm³/mol. The van der Waals surface area contributed by atoms with E-state index in [9.17, 15) is 0 Å². The Kier molecular flexibility index (Phi) is 9.68. The molecule has 278 valence electrons. The molecule has 0 saturated carbocycles. The predicted octanol–water partition coefficient (Wildman–Crippen LogP) is 16.3. The van der Waals surface area contributed by atoms with Crippen molar-refractivity contribution in [2.24, 2.45) is 0 Å². The molecule has 0 aromatic heterocycles. The highest BCUT2D eigenvalue weighted by molar-refractivity contribution is 6.01. The lowest BCUT2D eigenvalue weighted by Gasteiger charge is -2.26. The Balaban J connectivity index is 1.02. The van der Waals surface area contributed by atoms with Crippen LogP contribution in [0, 0.1) is 0 Å². The Morgan fingerprint density at radius 3 is 1.14 bits per heavy atom. The van der Waals surface area contributed by atoms with E-state index in [1.54, 1.807) is 0 Å². The highest BCUT2D eigenvalue weighted by Crippen LogP contribution is 2.41. The van der Waals surface area contributed by atoms with E-state index >= 15 is 0 Å². The SMILES string of the molecule is c1ccc(-c2ccc(N(c3ccc(-c4cccc(-c5ccccc5)c4)cc3)c3ccc(-c4ccc(-c5cccc6ccccc56)c(-c5ccccc5)c4)cc3)cc2)cc1. The standard InChI is InChI=1S/C58H41N/c1-4-14-42(15-5-1)44-26-33-52(34-27-44)59(53-35-28-45(29-36-53)50-23-12-22-49(40-50)43-16-6-2-7-17-43)54-37-30-46(31-38-54)51-32-39-57(58(41-51)48-18-8-3-9-19-48)56-25-13-21-47-20-10-11-24-55(47)56/h1-41H. The lowest BCUT2D eigenvalue weighted by atomic mass is 9.89. The first-order valence-corrected chi connectivity index (χ1v) is 20.2. The highest BCUT2D eigenvalue weighted by atomic mass is 15.1. The summed E-state index contributed by atoms with van der Waals surface area (Å²) < 4.78 is 0. The maximum atomic E-state index is 2.35. The van der Waals surface area contributed by atoms with Gasteiger partial charge in [-0.2, -0.15) is 0 Å². The van der Waals surface area contributed by atoms with Crippen molar-refractivity contribution < 1.29 is 0 Å². The quantitative estimate of drug-likeness (QED) is 0.142. The summed E-state index contributed by atoms with van der Waals surface area (Å²) in [6.07, 6.45) is 0. The second-order valence-corrected chi connectivity index (χ2v) is 14.9. The molecule has 59 heavy (non-hydrogen) atoms. The van der Waals surface area contributed by atoms with Crippen LogP contribution in [-0.4, -0.2) is 0 Å². The molecule has 0 atom stereocenters. The first-order valence-electron chi connectivity index (χ1n) is 20.2. The fourth-order valence-electron chi connectivity index (χ4n) is 8.27. The van der Waals surface area contributed by atoms with E-state index in [1.165, 1.54) is 77.5 Å². The fraction of sp³-hybridized carbons (Fsp3) is 0. The van der Waals surface area contributed by atoms with Crippen LogP contribution in [0.1, 0.15) is 0 Å². The minimum absolute atomic E-state index is 1.09. The molecule has 0 saturated heterocycles. The molecule has 0 amide bonds. The summed E-state index contributed by atoms with van der Waals surface area (Å²) in [6.45, 7) is 0. The second-order valence-electron chi connectivity index (χ2n) is 14.9. The number of hydrogen-bond acceptors (Lipinski definition) is 1. The van der Waals surface area contributed by atoms with Crippen molar-refractivity contribution in [2.75, 3.05) is 4.90 Å². The van der Waals surface area contributed by atoms with Crippen LogP contribution in [0.5, 0.6) is 0 Å². The second kappa shape index (κ2) is 16.0. The molecule has 0 aliphatic rings. The third-order valence-corrected chi connectivity index (χ3v) is 11.3. The van der Waals surface area contributed by atoms with E-state index in [1.807, 2.05) is 0 Å². The fourth-order valence-corrected chi connectivity index (χ4v) is 8.27. The van der Waals surface area contributed by atoms with Gasteiger partial charge in [-0.25, -0.2) is 0 Å². The van der Waals surface area contributed by atoms with Crippen LogP contribution in [0.25, 0.3) is 77.5 Å². The van der Waals surface area contributed by atoms with Crippen LogP contribution in [0.15, 0.2) is 249 Å². The van der Waals surface area contributed by atoms with Gasteiger partial charge in [0.1, 0.15) is 0 Å². The van der Waals surface area contributed by atoms with Gasteiger partial charge in [0.15, 0.2) is 0 Å². The molecule has 1 nitrogen and oxygen atoms in total. The van der Waals surface area contributed by atoms with Gasteiger partial charge in [-0.3, -0.25) is 0 Å². The maximum Gasteiger partial charge on any atom is 0.0462 e. The van der Waals surface area contributed by atoms with Gasteiger partial charge in [-0.1, -0.05) is 200 Å². The molecule has 0 spiro atoms. The van der Waals surface area contributed by atoms with Crippen molar-refractivity contribution >= 4 is 27.8 Å². The largest absolute Gasteiger partial charge is 0.311 e. The molecule has 0 N–H and O–H groups in total. The van der Waals surface area contributed by atoms with Crippen molar-refractivity contribution in [3.8, 4) is 66.8 Å². The van der Waals surface area contributed by atoms with Crippen LogP contribution >= 0.6 is 0 Å². The van der Waals surface area contributed by atoms with E-state index in [2.05, 4.69) is 254 Å². The number of anilines is 3. The molecule has 10 aromatic carbocycles. The summed E-state index contributed by atoms with van der Waals surface area (Å²) in [5.74, 6) is 0. The molecule has 1 heteroatoms. The van der Waals surface area contributed by atoms with Gasteiger partial charge in [0, 0.05) is 17.1 Å². The number of hydrogen-bond donors (Lipinski definition) is 0. The smallest absolute Gasteiger partial charge is 0.0462 e. The molecular formula is C58H41N. The average Bonchev–Trinajstić information content (AvgIpc) is 3.33. The number of nitrogens with zero attached hydrogens (tertiary/aromatic N) is 1. The topological polar surface area (TPSA) is 3.24 Å². The molecule has 10 aromatic rings. The van der Waals surface area contributed by atoms with E-state index in [0.29, 0.717) is 0 Å². The van der Waals surface area contributed by atoms with E-state index < -0.39 is 0 Å². The zero-order valence-electron chi connectivity index (χ0n) is 32.6. The van der Waals surface area contributed by atoms with Gasteiger partial charge in [0.05, 0.1) is 0 Å². The van der Waals surface area contributed by atoms with Crippen molar-refractivity contribution in [3.05, 3.63) is 249 Å². The summed E-state index contributed by atoms with van der Waals surface area (Å²) in [4.78, 5) is 2.35. The summed E-state index contributed by atoms with van der Waals surface area (Å²) in [6, 6.07) is 89.7. The molecule has 0 bridgehead atoms. The zero-order valence-corrected chi connectivity index (χ0v) is 32.6. The Hall–Kier alpha value is -7.74. The normalized spacial score (nSPS) is 11.1. The zero-order chi connectivity index (χ0) is 39.4. The van der Waals surface area contributed by atoms with Crippen molar-refractivity contribution in [1.82, 2.24) is 0 Å². The Labute approximate surface area is 346 Å². The average molecular weight is 752 g/mol. The van der Waals surface area contributed by atoms with Gasteiger partial charge >= 0.3 is 0 Å². The van der Waals surface area contributed by atoms with Crippen LogP contribution in [0.3, 0.4) is 0 Å². The lowest BCUT2D eigenvalue weighted by molar-refractivity contribution is 1.28. The van der Waals surface area contributed by atoms with E-state index in [4.69, 9.17) is 0 Å². The van der Waals surface area contributed by atoms with Crippen LogP contribution in [0.2, 0.25) is 0 Å². The van der Waals surface area contributed by atoms with Gasteiger partial charge in [0.2, 0.25) is 0 Å². The molecule has 0 heterocycles. The maximum absolute atomic E-state index is 2.35. The molecular weight excluding hydrogens is 711 g/mol. The van der Waals surface area contributed by atoms with Crippen LogP contribution in [0.4, 0.5) is 17.1 Å². The molecule has 0 fully saturated rings. The van der Waals surface area contributed by atoms with Crippen LogP contribution < -0.4 is 4.90 Å². The van der Waals surface area contributed by atoms with Crippen molar-refractivity contribution in [1.29, 1.82) is 0 Å².